The SMILES string of the molecule is COCc1ccc(CN2CCC(N3CCC(C(=O)NCC4CCCO4)CC3)CC2)o1. The lowest BCUT2D eigenvalue weighted by Crippen LogP contribution is -2.49. The molecule has 0 aliphatic carbocycles. The molecule has 1 atom stereocenters. The molecule has 0 saturated carbocycles. The van der Waals surface area contributed by atoms with Crippen LogP contribution in [0, 0.1) is 5.92 Å². The summed E-state index contributed by atoms with van der Waals surface area (Å²) in [7, 11) is 1.69. The van der Waals surface area contributed by atoms with Crippen LogP contribution >= 0.6 is 0 Å². The topological polar surface area (TPSA) is 67.2 Å². The highest BCUT2D eigenvalue weighted by molar-refractivity contribution is 5.78. The lowest BCUT2D eigenvalue weighted by molar-refractivity contribution is -0.127. The van der Waals surface area contributed by atoms with Gasteiger partial charge in [-0.2, -0.15) is 0 Å². The van der Waals surface area contributed by atoms with Crippen molar-refractivity contribution in [3.8, 4) is 0 Å². The average molecular weight is 420 g/mol. The zero-order valence-corrected chi connectivity index (χ0v) is 18.3. The van der Waals surface area contributed by atoms with E-state index in [-0.39, 0.29) is 17.9 Å². The summed E-state index contributed by atoms with van der Waals surface area (Å²) >= 11 is 0. The molecule has 7 nitrogen and oxygen atoms in total. The summed E-state index contributed by atoms with van der Waals surface area (Å²) in [6.45, 7) is 7.23. The molecule has 0 spiro atoms. The molecule has 1 N–H and O–H groups in total. The zero-order chi connectivity index (χ0) is 20.8. The van der Waals surface area contributed by atoms with Gasteiger partial charge in [0.15, 0.2) is 0 Å². The highest BCUT2D eigenvalue weighted by Gasteiger charge is 2.31. The van der Waals surface area contributed by atoms with Crippen LogP contribution in [0.1, 0.15) is 50.0 Å². The van der Waals surface area contributed by atoms with Crippen LogP contribution < -0.4 is 5.32 Å². The summed E-state index contributed by atoms with van der Waals surface area (Å²) in [6, 6.07) is 4.72. The number of nitrogens with one attached hydrogen (secondary N) is 1. The van der Waals surface area contributed by atoms with Crippen LogP contribution in [-0.4, -0.2) is 74.3 Å². The van der Waals surface area contributed by atoms with Crippen LogP contribution in [0.3, 0.4) is 0 Å². The summed E-state index contributed by atoms with van der Waals surface area (Å²) in [6.07, 6.45) is 6.77. The van der Waals surface area contributed by atoms with Crippen LogP contribution in [0.2, 0.25) is 0 Å². The Bertz CT molecular complexity index is 657. The first-order valence-corrected chi connectivity index (χ1v) is 11.6. The number of piperidine rings is 2. The highest BCUT2D eigenvalue weighted by atomic mass is 16.5. The largest absolute Gasteiger partial charge is 0.462 e. The Morgan fingerprint density at radius 2 is 1.87 bits per heavy atom. The third-order valence-electron chi connectivity index (χ3n) is 6.89. The molecule has 168 valence electrons. The molecule has 1 unspecified atom stereocenters. The van der Waals surface area contributed by atoms with Gasteiger partial charge in [-0.3, -0.25) is 9.69 Å². The van der Waals surface area contributed by atoms with E-state index >= 15 is 0 Å². The van der Waals surface area contributed by atoms with Crippen LogP contribution in [0.15, 0.2) is 16.5 Å². The van der Waals surface area contributed by atoms with Gasteiger partial charge in [0.25, 0.3) is 0 Å². The molecule has 4 rings (SSSR count). The number of ether oxygens (including phenoxy) is 2. The minimum Gasteiger partial charge on any atom is -0.462 e. The van der Waals surface area contributed by atoms with E-state index in [2.05, 4.69) is 21.2 Å². The summed E-state index contributed by atoms with van der Waals surface area (Å²) < 4.78 is 16.6. The first-order chi connectivity index (χ1) is 14.7. The highest BCUT2D eigenvalue weighted by Crippen LogP contribution is 2.25. The van der Waals surface area contributed by atoms with Crippen molar-refractivity contribution in [2.75, 3.05) is 46.4 Å². The van der Waals surface area contributed by atoms with Gasteiger partial charge >= 0.3 is 0 Å². The molecule has 1 amide bonds. The smallest absolute Gasteiger partial charge is 0.223 e. The number of carbonyl (C=O) groups excluding carboxylic acids is 1. The third-order valence-corrected chi connectivity index (χ3v) is 6.89. The normalized spacial score (nSPS) is 25.0. The lowest BCUT2D eigenvalue weighted by atomic mass is 9.92. The van der Waals surface area contributed by atoms with Gasteiger partial charge in [-0.25, -0.2) is 0 Å². The van der Waals surface area contributed by atoms with Crippen LogP contribution in [0.4, 0.5) is 0 Å². The Hall–Kier alpha value is -1.41. The maximum absolute atomic E-state index is 12.5. The molecule has 30 heavy (non-hydrogen) atoms. The number of nitrogens with zero attached hydrogens (tertiary/aromatic N) is 2. The van der Waals surface area contributed by atoms with Gasteiger partial charge in [0, 0.05) is 45.3 Å². The van der Waals surface area contributed by atoms with Gasteiger partial charge in [-0.05, 0) is 63.7 Å². The van der Waals surface area contributed by atoms with Gasteiger partial charge in [-0.15, -0.1) is 0 Å². The fraction of sp³-hybridized carbons (Fsp3) is 0.783. The number of rotatable bonds is 8. The Balaban J connectivity index is 1.14. The third kappa shape index (κ3) is 5.84. The average Bonchev–Trinajstić information content (AvgIpc) is 3.45. The number of likely N-dealkylation sites (tertiary alicyclic amines) is 2. The molecule has 0 radical (unpaired) electrons. The van der Waals surface area contributed by atoms with E-state index in [0.29, 0.717) is 19.2 Å². The minimum absolute atomic E-state index is 0.169. The monoisotopic (exact) mass is 419 g/mol. The molecule has 3 aliphatic rings. The quantitative estimate of drug-likeness (QED) is 0.698. The maximum atomic E-state index is 12.5. The van der Waals surface area contributed by atoms with E-state index in [9.17, 15) is 4.79 Å². The first kappa shape index (κ1) is 21.8. The fourth-order valence-corrected chi connectivity index (χ4v) is 5.08. The maximum Gasteiger partial charge on any atom is 0.223 e. The van der Waals surface area contributed by atoms with Crippen LogP contribution in [-0.2, 0) is 27.4 Å². The Morgan fingerprint density at radius 3 is 2.57 bits per heavy atom. The molecule has 1 aromatic heterocycles. The number of methoxy groups -OCH3 is 1. The van der Waals surface area contributed by atoms with E-state index in [1.54, 1.807) is 7.11 Å². The standard InChI is InChI=1S/C23H37N3O4/c1-28-17-22-5-4-21(30-22)16-25-10-8-19(9-11-25)26-12-6-18(7-13-26)23(27)24-15-20-3-2-14-29-20/h4-5,18-20H,2-3,6-17H2,1H3,(H,24,27). The van der Waals surface area contributed by atoms with Crippen molar-refractivity contribution in [1.29, 1.82) is 0 Å². The summed E-state index contributed by atoms with van der Waals surface area (Å²) in [4.78, 5) is 17.6. The second-order valence-corrected chi connectivity index (χ2v) is 9.00. The van der Waals surface area contributed by atoms with Crippen molar-refractivity contribution in [3.63, 3.8) is 0 Å². The van der Waals surface area contributed by atoms with Crippen molar-refractivity contribution in [1.82, 2.24) is 15.1 Å². The minimum atomic E-state index is 0.169. The molecule has 1 aromatic rings. The number of amides is 1. The van der Waals surface area contributed by atoms with E-state index in [4.69, 9.17) is 13.9 Å². The Morgan fingerprint density at radius 1 is 1.10 bits per heavy atom. The van der Waals surface area contributed by atoms with Gasteiger partial charge in [0.05, 0.1) is 12.6 Å². The summed E-state index contributed by atoms with van der Waals surface area (Å²) in [5.41, 5.74) is 0. The molecule has 7 heteroatoms. The van der Waals surface area contributed by atoms with Crippen LogP contribution in [0.5, 0.6) is 0 Å². The van der Waals surface area contributed by atoms with E-state index < -0.39 is 0 Å². The molecule has 3 saturated heterocycles. The van der Waals surface area contributed by atoms with Gasteiger partial charge in [0.2, 0.25) is 5.91 Å². The van der Waals surface area contributed by atoms with Gasteiger partial charge in [0.1, 0.15) is 18.1 Å². The van der Waals surface area contributed by atoms with E-state index in [0.717, 1.165) is 76.5 Å². The molecule has 0 bridgehead atoms. The first-order valence-electron chi connectivity index (χ1n) is 11.6. The Kier molecular flexibility index (Phi) is 7.82. The summed E-state index contributed by atoms with van der Waals surface area (Å²) in [5.74, 6) is 2.31. The lowest BCUT2D eigenvalue weighted by Gasteiger charge is -2.41. The zero-order valence-electron chi connectivity index (χ0n) is 18.3. The van der Waals surface area contributed by atoms with Crippen molar-refractivity contribution in [2.45, 2.75) is 63.8 Å². The number of hydrogen-bond acceptors (Lipinski definition) is 6. The van der Waals surface area contributed by atoms with Gasteiger partial charge < -0.3 is 24.1 Å². The van der Waals surface area contributed by atoms with Crippen molar-refractivity contribution < 1.29 is 18.7 Å². The summed E-state index contributed by atoms with van der Waals surface area (Å²) in [5, 5.41) is 3.12. The predicted molar refractivity (Wildman–Crippen MR) is 114 cm³/mol. The molecule has 3 fully saturated rings. The van der Waals surface area contributed by atoms with Crippen molar-refractivity contribution in [2.24, 2.45) is 5.92 Å². The second kappa shape index (κ2) is 10.8. The van der Waals surface area contributed by atoms with E-state index in [1.807, 2.05) is 6.07 Å². The van der Waals surface area contributed by atoms with Gasteiger partial charge in [-0.1, -0.05) is 0 Å². The molecular weight excluding hydrogens is 382 g/mol. The molecule has 0 aromatic carbocycles. The molecular formula is C23H37N3O4. The molecule has 3 aliphatic heterocycles. The number of carbonyl (C=O) groups is 1. The fourth-order valence-electron chi connectivity index (χ4n) is 5.08. The van der Waals surface area contributed by atoms with E-state index in [1.165, 1.54) is 12.8 Å². The second-order valence-electron chi connectivity index (χ2n) is 9.00. The number of furan rings is 1. The Labute approximate surface area is 180 Å². The van der Waals surface area contributed by atoms with Crippen molar-refractivity contribution >= 4 is 5.91 Å². The van der Waals surface area contributed by atoms with Crippen molar-refractivity contribution in [3.05, 3.63) is 23.7 Å². The number of hydrogen-bond donors (Lipinski definition) is 1. The molecule has 4 heterocycles. The van der Waals surface area contributed by atoms with Crippen LogP contribution in [0.25, 0.3) is 0 Å². The predicted octanol–water partition coefficient (Wildman–Crippen LogP) is 2.40.